The molecule has 2 heterocycles. The molecule has 1 aliphatic heterocycles. The Morgan fingerprint density at radius 1 is 1.00 bits per heavy atom. The average molecular weight is 425 g/mol. The maximum Gasteiger partial charge on any atom is 0.371 e. The lowest BCUT2D eigenvalue weighted by molar-refractivity contribution is -0.174. The van der Waals surface area contributed by atoms with Gasteiger partial charge < -0.3 is 19.0 Å². The van der Waals surface area contributed by atoms with Gasteiger partial charge in [-0.05, 0) is 65.0 Å². The molecule has 0 bridgehead atoms. The average Bonchev–Trinajstić information content (AvgIpc) is 3.23. The first-order valence-corrected chi connectivity index (χ1v) is 11.1. The Morgan fingerprint density at radius 2 is 1.65 bits per heavy atom. The predicted molar refractivity (Wildman–Crippen MR) is 120 cm³/mol. The van der Waals surface area contributed by atoms with Gasteiger partial charge >= 0.3 is 5.97 Å². The van der Waals surface area contributed by atoms with Crippen LogP contribution >= 0.6 is 0 Å². The van der Waals surface area contributed by atoms with Crippen LogP contribution in [-0.2, 0) is 20.3 Å². The molecule has 5 nitrogen and oxygen atoms in total. The molecule has 1 aromatic carbocycles. The van der Waals surface area contributed by atoms with Crippen LogP contribution in [0.4, 0.5) is 0 Å². The molecule has 0 atom stereocenters. The summed E-state index contributed by atoms with van der Waals surface area (Å²) in [5.74, 6) is -0.610. The van der Waals surface area contributed by atoms with Crippen LogP contribution in [0, 0.1) is 0 Å². The summed E-state index contributed by atoms with van der Waals surface area (Å²) in [6.07, 6.45) is 5.43. The maximum atomic E-state index is 11.3. The molecule has 2 aromatic rings. The van der Waals surface area contributed by atoms with Crippen LogP contribution in [0.5, 0.6) is 0 Å². The Bertz CT molecular complexity index is 989. The summed E-state index contributed by atoms with van der Waals surface area (Å²) in [4.78, 5) is 11.3. The number of aromatic carboxylic acids is 1. The zero-order chi connectivity index (χ0) is 22.2. The van der Waals surface area contributed by atoms with Gasteiger partial charge in [0.1, 0.15) is 5.76 Å². The zero-order valence-corrected chi connectivity index (χ0v) is 18.9. The number of carbonyl (C=O) groups is 1. The van der Waals surface area contributed by atoms with Gasteiger partial charge in [0.15, 0.2) is 6.29 Å². The molecule has 0 radical (unpaired) electrons. The number of fused-ring (bicyclic) bond motifs is 1. The van der Waals surface area contributed by atoms with E-state index in [1.165, 1.54) is 23.6 Å². The number of hydrogen-bond acceptors (Lipinski definition) is 4. The second-order valence-corrected chi connectivity index (χ2v) is 9.94. The van der Waals surface area contributed by atoms with E-state index in [2.05, 4.69) is 52.0 Å². The quantitative estimate of drug-likeness (QED) is 0.635. The highest BCUT2D eigenvalue weighted by molar-refractivity contribution is 5.86. The number of rotatable bonds is 5. The molecule has 0 amide bonds. The van der Waals surface area contributed by atoms with E-state index >= 15 is 0 Å². The summed E-state index contributed by atoms with van der Waals surface area (Å²) in [7, 11) is 0. The summed E-state index contributed by atoms with van der Waals surface area (Å²) < 4.78 is 17.1. The molecule has 1 N–H and O–H groups in total. The first-order valence-electron chi connectivity index (χ1n) is 11.1. The van der Waals surface area contributed by atoms with E-state index in [1.54, 1.807) is 6.07 Å². The molecular weight excluding hydrogens is 392 g/mol. The van der Waals surface area contributed by atoms with Gasteiger partial charge in [-0.15, -0.1) is 0 Å². The second-order valence-electron chi connectivity index (χ2n) is 9.94. The van der Waals surface area contributed by atoms with Crippen molar-refractivity contribution in [2.24, 2.45) is 0 Å². The molecule has 0 saturated carbocycles. The third-order valence-electron chi connectivity index (χ3n) is 6.63. The predicted octanol–water partition coefficient (Wildman–Crippen LogP) is 6.02. The van der Waals surface area contributed by atoms with E-state index in [0.717, 1.165) is 24.0 Å². The van der Waals surface area contributed by atoms with Gasteiger partial charge in [0.05, 0.1) is 13.2 Å². The van der Waals surface area contributed by atoms with Crippen molar-refractivity contribution in [3.05, 3.63) is 58.5 Å². The molecule has 2 aliphatic rings. The molecule has 1 aliphatic carbocycles. The molecule has 0 spiro atoms. The van der Waals surface area contributed by atoms with Gasteiger partial charge in [-0.1, -0.05) is 45.9 Å². The Hall–Kier alpha value is -2.37. The van der Waals surface area contributed by atoms with Crippen LogP contribution < -0.4 is 0 Å². The Morgan fingerprint density at radius 3 is 2.29 bits per heavy atom. The smallest absolute Gasteiger partial charge is 0.371 e. The topological polar surface area (TPSA) is 68.9 Å². The van der Waals surface area contributed by atoms with Crippen LogP contribution in [0.25, 0.3) is 11.6 Å². The molecule has 31 heavy (non-hydrogen) atoms. The standard InChI is InChI=1S/C26H32O5/c1-25(2)10-11-26(3,4)20-15-17(6-7-19(20)25)14-18(16-23-29-12-5-13-30-23)21-8-9-22(31-21)24(27)28/h6-9,14-15,23H,5,10-13,16H2,1-4H3,(H,27,28)/b18-14+. The van der Waals surface area contributed by atoms with E-state index in [4.69, 9.17) is 13.9 Å². The van der Waals surface area contributed by atoms with Crippen molar-refractivity contribution in [1.82, 2.24) is 0 Å². The number of carboxylic acids is 1. The van der Waals surface area contributed by atoms with Crippen molar-refractivity contribution in [1.29, 1.82) is 0 Å². The third kappa shape index (κ3) is 4.63. The lowest BCUT2D eigenvalue weighted by Gasteiger charge is -2.42. The molecule has 0 unspecified atom stereocenters. The van der Waals surface area contributed by atoms with E-state index in [0.29, 0.717) is 25.4 Å². The van der Waals surface area contributed by atoms with Crippen molar-refractivity contribution < 1.29 is 23.8 Å². The summed E-state index contributed by atoms with van der Waals surface area (Å²) in [5.41, 5.74) is 5.01. The lowest BCUT2D eigenvalue weighted by atomic mass is 9.63. The van der Waals surface area contributed by atoms with Crippen molar-refractivity contribution in [2.45, 2.75) is 70.5 Å². The normalized spacial score (nSPS) is 21.0. The van der Waals surface area contributed by atoms with Crippen LogP contribution in [-0.4, -0.2) is 30.6 Å². The minimum Gasteiger partial charge on any atom is -0.475 e. The SMILES string of the molecule is CC1(C)CCC(C)(C)c2cc(/C=C(\CC3OCCCO3)c3ccc(C(=O)O)o3)ccc21. The highest BCUT2D eigenvalue weighted by Gasteiger charge is 2.36. The number of carboxylic acid groups (broad SMARTS) is 1. The highest BCUT2D eigenvalue weighted by Crippen LogP contribution is 2.46. The highest BCUT2D eigenvalue weighted by atomic mass is 16.7. The van der Waals surface area contributed by atoms with Crippen LogP contribution in [0.3, 0.4) is 0 Å². The van der Waals surface area contributed by atoms with Gasteiger partial charge in [-0.3, -0.25) is 0 Å². The summed E-state index contributed by atoms with van der Waals surface area (Å²) in [6, 6.07) is 9.87. The van der Waals surface area contributed by atoms with E-state index in [9.17, 15) is 9.90 Å². The van der Waals surface area contributed by atoms with Gasteiger partial charge in [0.2, 0.25) is 5.76 Å². The van der Waals surface area contributed by atoms with E-state index in [1.807, 2.05) is 0 Å². The Kier molecular flexibility index (Phi) is 5.84. The van der Waals surface area contributed by atoms with E-state index < -0.39 is 5.97 Å². The molecule has 4 rings (SSSR count). The van der Waals surface area contributed by atoms with Gasteiger partial charge in [0.25, 0.3) is 0 Å². The van der Waals surface area contributed by atoms with E-state index in [-0.39, 0.29) is 22.9 Å². The van der Waals surface area contributed by atoms with Crippen LogP contribution in [0.1, 0.15) is 86.4 Å². The minimum absolute atomic E-state index is 0.0697. The van der Waals surface area contributed by atoms with Crippen molar-refractivity contribution >= 4 is 17.6 Å². The summed E-state index contributed by atoms with van der Waals surface area (Å²) in [5, 5.41) is 9.27. The molecule has 1 aromatic heterocycles. The maximum absolute atomic E-state index is 11.3. The fourth-order valence-corrected chi connectivity index (χ4v) is 4.59. The van der Waals surface area contributed by atoms with Crippen molar-refractivity contribution in [3.63, 3.8) is 0 Å². The fourth-order valence-electron chi connectivity index (χ4n) is 4.59. The van der Waals surface area contributed by atoms with Crippen LogP contribution in [0.2, 0.25) is 0 Å². The Balaban J connectivity index is 1.73. The number of hydrogen-bond donors (Lipinski definition) is 1. The third-order valence-corrected chi connectivity index (χ3v) is 6.63. The zero-order valence-electron chi connectivity index (χ0n) is 18.9. The van der Waals surface area contributed by atoms with Crippen LogP contribution in [0.15, 0.2) is 34.7 Å². The van der Waals surface area contributed by atoms with Gasteiger partial charge in [0, 0.05) is 12.0 Å². The fraction of sp³-hybridized carbons (Fsp3) is 0.500. The first kappa shape index (κ1) is 21.8. The Labute approximate surface area is 184 Å². The summed E-state index contributed by atoms with van der Waals surface area (Å²) >= 11 is 0. The molecular formula is C26H32O5. The molecule has 1 fully saturated rings. The minimum atomic E-state index is -1.08. The van der Waals surface area contributed by atoms with Gasteiger partial charge in [-0.25, -0.2) is 4.79 Å². The van der Waals surface area contributed by atoms with Crippen molar-refractivity contribution in [2.75, 3.05) is 13.2 Å². The molecule has 166 valence electrons. The monoisotopic (exact) mass is 424 g/mol. The number of furan rings is 1. The van der Waals surface area contributed by atoms with Crippen molar-refractivity contribution in [3.8, 4) is 0 Å². The lowest BCUT2D eigenvalue weighted by Crippen LogP contribution is -2.33. The first-order chi connectivity index (χ1) is 14.7. The molecule has 5 heteroatoms. The molecule has 1 saturated heterocycles. The number of benzene rings is 1. The summed E-state index contributed by atoms with van der Waals surface area (Å²) in [6.45, 7) is 10.6. The second kappa shape index (κ2) is 8.29. The van der Waals surface area contributed by atoms with Gasteiger partial charge in [-0.2, -0.15) is 0 Å². The largest absolute Gasteiger partial charge is 0.475 e. The number of ether oxygens (including phenoxy) is 2.